The Balaban J connectivity index is 2.81. The molecule has 1 aromatic carbocycles. The normalized spacial score (nSPS) is 10.2. The highest BCUT2D eigenvalue weighted by molar-refractivity contribution is 5.98. The largest absolute Gasteiger partial charge is 0.478 e. The average Bonchev–Trinajstić information content (AvgIpc) is 2.26. The van der Waals surface area contributed by atoms with E-state index in [9.17, 15) is 14.0 Å². The summed E-state index contributed by atoms with van der Waals surface area (Å²) in [5, 5.41) is 11.1. The fraction of sp³-hybridized carbons (Fsp3) is 0.333. The Labute approximate surface area is 104 Å². The van der Waals surface area contributed by atoms with E-state index in [0.717, 1.165) is 6.07 Å². The molecular weight excluding hydrogens is 241 g/mol. The first kappa shape index (κ1) is 14.0. The van der Waals surface area contributed by atoms with Crippen LogP contribution in [0, 0.1) is 11.7 Å². The van der Waals surface area contributed by atoms with E-state index in [1.165, 1.54) is 12.1 Å². The number of aromatic carboxylic acids is 1. The first-order chi connectivity index (χ1) is 8.41. The Hall–Kier alpha value is -2.11. The highest BCUT2D eigenvalue weighted by Crippen LogP contribution is 2.19. The number of hydrogen-bond acceptors (Lipinski definition) is 3. The van der Waals surface area contributed by atoms with Gasteiger partial charge in [-0.3, -0.25) is 5.32 Å². The number of rotatable bonds is 4. The lowest BCUT2D eigenvalue weighted by atomic mass is 10.1. The predicted molar refractivity (Wildman–Crippen MR) is 63.2 cm³/mol. The summed E-state index contributed by atoms with van der Waals surface area (Å²) < 4.78 is 18.1. The van der Waals surface area contributed by atoms with Crippen LogP contribution in [0.1, 0.15) is 24.2 Å². The van der Waals surface area contributed by atoms with Crippen LogP contribution in [0.4, 0.5) is 14.9 Å². The summed E-state index contributed by atoms with van der Waals surface area (Å²) in [6.45, 7) is 3.92. The van der Waals surface area contributed by atoms with Gasteiger partial charge in [0.2, 0.25) is 0 Å². The molecule has 5 nitrogen and oxygen atoms in total. The molecule has 0 unspecified atom stereocenters. The molecule has 0 atom stereocenters. The number of amides is 1. The van der Waals surface area contributed by atoms with Gasteiger partial charge in [-0.05, 0) is 18.1 Å². The molecular formula is C12H14FNO4. The third kappa shape index (κ3) is 3.73. The van der Waals surface area contributed by atoms with E-state index in [1.807, 2.05) is 13.8 Å². The first-order valence-electron chi connectivity index (χ1n) is 5.37. The second kappa shape index (κ2) is 6.00. The molecule has 0 radical (unpaired) electrons. The molecule has 0 aliphatic heterocycles. The number of hydrogen-bond donors (Lipinski definition) is 2. The number of ether oxygens (including phenoxy) is 1. The summed E-state index contributed by atoms with van der Waals surface area (Å²) in [5.41, 5.74) is -0.713. The van der Waals surface area contributed by atoms with Crippen LogP contribution < -0.4 is 5.32 Å². The number of carbonyl (C=O) groups is 2. The standard InChI is InChI=1S/C12H14FNO4/c1-7(2)6-18-12(17)14-9-5-3-4-8(13)10(9)11(15)16/h3-5,7H,6H2,1-2H3,(H,14,17)(H,15,16). The maximum atomic E-state index is 13.3. The van der Waals surface area contributed by atoms with Crippen molar-refractivity contribution in [2.75, 3.05) is 11.9 Å². The summed E-state index contributed by atoms with van der Waals surface area (Å²) in [5.74, 6) is -2.21. The zero-order valence-corrected chi connectivity index (χ0v) is 10.1. The summed E-state index contributed by atoms with van der Waals surface area (Å²) in [7, 11) is 0. The molecule has 98 valence electrons. The van der Waals surface area contributed by atoms with Crippen LogP contribution in [0.3, 0.4) is 0 Å². The van der Waals surface area contributed by atoms with Crippen molar-refractivity contribution in [2.45, 2.75) is 13.8 Å². The van der Waals surface area contributed by atoms with Gasteiger partial charge in [0.25, 0.3) is 0 Å². The summed E-state index contributed by atoms with van der Waals surface area (Å²) in [4.78, 5) is 22.2. The second-order valence-electron chi connectivity index (χ2n) is 4.08. The molecule has 0 saturated carbocycles. The second-order valence-corrected chi connectivity index (χ2v) is 4.08. The molecule has 18 heavy (non-hydrogen) atoms. The lowest BCUT2D eigenvalue weighted by Crippen LogP contribution is -2.19. The molecule has 0 aliphatic carbocycles. The minimum absolute atomic E-state index is 0.128. The fourth-order valence-electron chi connectivity index (χ4n) is 1.23. The molecule has 0 fully saturated rings. The highest BCUT2D eigenvalue weighted by atomic mass is 19.1. The SMILES string of the molecule is CC(C)COC(=O)Nc1cccc(F)c1C(=O)O. The summed E-state index contributed by atoms with van der Waals surface area (Å²) >= 11 is 0. The van der Waals surface area contributed by atoms with E-state index in [-0.39, 0.29) is 18.2 Å². The molecule has 1 aromatic rings. The lowest BCUT2D eigenvalue weighted by Gasteiger charge is -2.10. The molecule has 2 N–H and O–H groups in total. The van der Waals surface area contributed by atoms with E-state index < -0.39 is 23.4 Å². The Kier molecular flexibility index (Phi) is 4.65. The van der Waals surface area contributed by atoms with Crippen molar-refractivity contribution in [2.24, 2.45) is 5.92 Å². The smallest absolute Gasteiger partial charge is 0.411 e. The Morgan fingerprint density at radius 2 is 2.11 bits per heavy atom. The minimum atomic E-state index is -1.45. The number of carbonyl (C=O) groups excluding carboxylic acids is 1. The van der Waals surface area contributed by atoms with Crippen LogP contribution in [0.25, 0.3) is 0 Å². The van der Waals surface area contributed by atoms with E-state index in [2.05, 4.69) is 5.32 Å². The molecule has 0 heterocycles. The summed E-state index contributed by atoms with van der Waals surface area (Å²) in [6.07, 6.45) is -0.809. The highest BCUT2D eigenvalue weighted by Gasteiger charge is 2.17. The number of halogens is 1. The van der Waals surface area contributed by atoms with Gasteiger partial charge in [-0.1, -0.05) is 19.9 Å². The zero-order valence-electron chi connectivity index (χ0n) is 10.1. The molecule has 0 spiro atoms. The van der Waals surface area contributed by atoms with E-state index in [1.54, 1.807) is 0 Å². The molecule has 1 rings (SSSR count). The van der Waals surface area contributed by atoms with Crippen LogP contribution in [0.15, 0.2) is 18.2 Å². The maximum absolute atomic E-state index is 13.3. The van der Waals surface area contributed by atoms with E-state index in [0.29, 0.717) is 0 Å². The molecule has 1 amide bonds. The van der Waals surface area contributed by atoms with Crippen LogP contribution in [0.5, 0.6) is 0 Å². The van der Waals surface area contributed by atoms with E-state index in [4.69, 9.17) is 9.84 Å². The van der Waals surface area contributed by atoms with Crippen molar-refractivity contribution in [3.8, 4) is 0 Å². The number of benzene rings is 1. The lowest BCUT2D eigenvalue weighted by molar-refractivity contribution is 0.0693. The van der Waals surface area contributed by atoms with Gasteiger partial charge in [0.15, 0.2) is 0 Å². The van der Waals surface area contributed by atoms with Crippen LogP contribution in [-0.4, -0.2) is 23.8 Å². The van der Waals surface area contributed by atoms with Gasteiger partial charge in [0.1, 0.15) is 11.4 Å². The van der Waals surface area contributed by atoms with Crippen LogP contribution >= 0.6 is 0 Å². The first-order valence-corrected chi connectivity index (χ1v) is 5.37. The van der Waals surface area contributed by atoms with Gasteiger partial charge in [-0.15, -0.1) is 0 Å². The zero-order chi connectivity index (χ0) is 13.7. The fourth-order valence-corrected chi connectivity index (χ4v) is 1.23. The molecule has 0 aliphatic rings. The molecule has 0 bridgehead atoms. The minimum Gasteiger partial charge on any atom is -0.478 e. The van der Waals surface area contributed by atoms with Crippen molar-refractivity contribution in [3.05, 3.63) is 29.6 Å². The Morgan fingerprint density at radius 3 is 2.67 bits per heavy atom. The number of nitrogens with one attached hydrogen (secondary N) is 1. The van der Waals surface area contributed by atoms with Gasteiger partial charge in [-0.25, -0.2) is 14.0 Å². The van der Waals surface area contributed by atoms with Crippen molar-refractivity contribution < 1.29 is 23.8 Å². The van der Waals surface area contributed by atoms with Gasteiger partial charge in [0.05, 0.1) is 12.3 Å². The monoisotopic (exact) mass is 255 g/mol. The third-order valence-corrected chi connectivity index (χ3v) is 2.01. The van der Waals surface area contributed by atoms with Gasteiger partial charge >= 0.3 is 12.1 Å². The maximum Gasteiger partial charge on any atom is 0.411 e. The topological polar surface area (TPSA) is 75.6 Å². The molecule has 0 aromatic heterocycles. The average molecular weight is 255 g/mol. The van der Waals surface area contributed by atoms with Crippen molar-refractivity contribution in [3.63, 3.8) is 0 Å². The Morgan fingerprint density at radius 1 is 1.44 bits per heavy atom. The van der Waals surface area contributed by atoms with Crippen LogP contribution in [0.2, 0.25) is 0 Å². The quantitative estimate of drug-likeness (QED) is 0.867. The molecule has 6 heteroatoms. The van der Waals surface area contributed by atoms with E-state index >= 15 is 0 Å². The number of anilines is 1. The summed E-state index contributed by atoms with van der Waals surface area (Å²) in [6, 6.07) is 3.61. The number of carboxylic acid groups (broad SMARTS) is 1. The van der Waals surface area contributed by atoms with Crippen molar-refractivity contribution in [1.29, 1.82) is 0 Å². The van der Waals surface area contributed by atoms with Gasteiger partial charge < -0.3 is 9.84 Å². The number of carboxylic acids is 1. The van der Waals surface area contributed by atoms with Crippen LogP contribution in [-0.2, 0) is 4.74 Å². The van der Waals surface area contributed by atoms with Crippen molar-refractivity contribution >= 4 is 17.7 Å². The Bertz CT molecular complexity index is 459. The van der Waals surface area contributed by atoms with Gasteiger partial charge in [0, 0.05) is 0 Å². The van der Waals surface area contributed by atoms with Crippen molar-refractivity contribution in [1.82, 2.24) is 0 Å². The predicted octanol–water partition coefficient (Wildman–Crippen LogP) is 2.73. The third-order valence-electron chi connectivity index (χ3n) is 2.01. The van der Waals surface area contributed by atoms with Gasteiger partial charge in [-0.2, -0.15) is 0 Å². The molecule has 0 saturated heterocycles.